The van der Waals surface area contributed by atoms with Crippen molar-refractivity contribution >= 4 is 11.4 Å². The Bertz CT molecular complexity index is 381. The average molecular weight is 247 g/mol. The maximum absolute atomic E-state index is 5.85. The molecule has 100 valence electrons. The lowest BCUT2D eigenvalue weighted by Gasteiger charge is -2.33. The molecule has 1 saturated heterocycles. The number of likely N-dealkylation sites (tertiary alicyclic amines) is 1. The molecule has 0 unspecified atom stereocenters. The zero-order chi connectivity index (χ0) is 13.0. The van der Waals surface area contributed by atoms with Gasteiger partial charge in [0, 0.05) is 30.5 Å². The van der Waals surface area contributed by atoms with Gasteiger partial charge in [0.2, 0.25) is 0 Å². The van der Waals surface area contributed by atoms with E-state index < -0.39 is 0 Å². The molecule has 0 amide bonds. The number of nitrogens with two attached hydrogens (primary N) is 1. The summed E-state index contributed by atoms with van der Waals surface area (Å²) in [7, 11) is 0. The van der Waals surface area contributed by atoms with Crippen LogP contribution in [0.1, 0.15) is 31.7 Å². The molecule has 1 heterocycles. The van der Waals surface area contributed by atoms with Gasteiger partial charge in [0.15, 0.2) is 0 Å². The van der Waals surface area contributed by atoms with E-state index in [1.807, 2.05) is 12.1 Å². The van der Waals surface area contributed by atoms with Crippen molar-refractivity contribution in [3.8, 4) is 0 Å². The van der Waals surface area contributed by atoms with Gasteiger partial charge in [-0.05, 0) is 50.4 Å². The summed E-state index contributed by atoms with van der Waals surface area (Å²) >= 11 is 0. The number of piperidine rings is 1. The van der Waals surface area contributed by atoms with Crippen LogP contribution in [-0.2, 0) is 0 Å². The molecule has 1 aromatic carbocycles. The van der Waals surface area contributed by atoms with E-state index in [1.54, 1.807) is 0 Å². The van der Waals surface area contributed by atoms with Gasteiger partial charge in [-0.2, -0.15) is 0 Å². The maximum atomic E-state index is 5.85. The van der Waals surface area contributed by atoms with E-state index in [4.69, 9.17) is 5.73 Å². The first-order valence-corrected chi connectivity index (χ1v) is 7.04. The number of anilines is 2. The van der Waals surface area contributed by atoms with Crippen molar-refractivity contribution in [2.24, 2.45) is 0 Å². The Morgan fingerprint density at radius 2 is 2.06 bits per heavy atom. The molecule has 0 bridgehead atoms. The van der Waals surface area contributed by atoms with Gasteiger partial charge in [0.1, 0.15) is 0 Å². The molecular weight excluding hydrogens is 222 g/mol. The minimum Gasteiger partial charge on any atom is -0.399 e. The molecule has 0 saturated carbocycles. The molecule has 1 aromatic rings. The molecule has 0 spiro atoms. The Morgan fingerprint density at radius 3 is 2.72 bits per heavy atom. The molecule has 0 aliphatic carbocycles. The lowest BCUT2D eigenvalue weighted by atomic mass is 10.0. The first-order valence-electron chi connectivity index (χ1n) is 7.04. The predicted octanol–water partition coefficient (Wildman–Crippen LogP) is 2.86. The van der Waals surface area contributed by atoms with E-state index in [1.165, 1.54) is 50.1 Å². The lowest BCUT2D eigenvalue weighted by Crippen LogP contribution is -2.39. The number of hydrogen-bond acceptors (Lipinski definition) is 3. The van der Waals surface area contributed by atoms with Crippen LogP contribution in [0.5, 0.6) is 0 Å². The minimum absolute atomic E-state index is 0.596. The molecule has 1 aliphatic heterocycles. The molecule has 0 atom stereocenters. The molecular formula is C15H25N3. The molecule has 1 fully saturated rings. The van der Waals surface area contributed by atoms with Crippen LogP contribution in [0, 0.1) is 6.92 Å². The fourth-order valence-electron chi connectivity index (χ4n) is 2.63. The fraction of sp³-hybridized carbons (Fsp3) is 0.600. The quantitative estimate of drug-likeness (QED) is 0.804. The molecule has 3 nitrogen and oxygen atoms in total. The van der Waals surface area contributed by atoms with Gasteiger partial charge in [-0.15, -0.1) is 0 Å². The lowest BCUT2D eigenvalue weighted by molar-refractivity contribution is 0.219. The second-order valence-electron chi connectivity index (χ2n) is 5.33. The predicted molar refractivity (Wildman–Crippen MR) is 79.0 cm³/mol. The van der Waals surface area contributed by atoms with Crippen LogP contribution in [0.2, 0.25) is 0 Å². The largest absolute Gasteiger partial charge is 0.399 e. The normalized spacial score (nSPS) is 17.9. The Hall–Kier alpha value is -1.22. The van der Waals surface area contributed by atoms with Crippen LogP contribution in [0.25, 0.3) is 0 Å². The number of hydrogen-bond donors (Lipinski definition) is 2. The number of nitrogen functional groups attached to an aromatic ring is 1. The third-order valence-corrected chi connectivity index (χ3v) is 3.75. The van der Waals surface area contributed by atoms with Crippen molar-refractivity contribution < 1.29 is 0 Å². The Labute approximate surface area is 110 Å². The maximum Gasteiger partial charge on any atom is 0.0392 e. The Morgan fingerprint density at radius 1 is 1.33 bits per heavy atom. The van der Waals surface area contributed by atoms with Crippen LogP contribution < -0.4 is 11.1 Å². The van der Waals surface area contributed by atoms with Crippen LogP contribution in [0.4, 0.5) is 11.4 Å². The highest BCUT2D eigenvalue weighted by molar-refractivity contribution is 5.59. The Kier molecular flexibility index (Phi) is 4.48. The minimum atomic E-state index is 0.596. The summed E-state index contributed by atoms with van der Waals surface area (Å²) < 4.78 is 0. The topological polar surface area (TPSA) is 41.3 Å². The summed E-state index contributed by atoms with van der Waals surface area (Å²) in [6, 6.07) is 6.70. The summed E-state index contributed by atoms with van der Waals surface area (Å²) in [6.07, 6.45) is 3.72. The summed E-state index contributed by atoms with van der Waals surface area (Å²) in [4.78, 5) is 2.56. The fourth-order valence-corrected chi connectivity index (χ4v) is 2.63. The standard InChI is InChI=1S/C15H25N3/c1-3-8-18-9-6-14(7-10-18)17-15-11-13(16)5-4-12(15)2/h4-5,11,14,17H,3,6-10,16H2,1-2H3. The highest BCUT2D eigenvalue weighted by atomic mass is 15.1. The van der Waals surface area contributed by atoms with Crippen molar-refractivity contribution in [2.45, 2.75) is 39.2 Å². The second-order valence-corrected chi connectivity index (χ2v) is 5.33. The van der Waals surface area contributed by atoms with Gasteiger partial charge in [0.25, 0.3) is 0 Å². The first kappa shape index (κ1) is 13.2. The van der Waals surface area contributed by atoms with Crippen molar-refractivity contribution in [1.82, 2.24) is 4.90 Å². The number of nitrogens with one attached hydrogen (secondary N) is 1. The van der Waals surface area contributed by atoms with Gasteiger partial charge >= 0.3 is 0 Å². The molecule has 1 aliphatic rings. The summed E-state index contributed by atoms with van der Waals surface area (Å²) in [5.41, 5.74) is 9.16. The zero-order valence-electron chi connectivity index (χ0n) is 11.6. The number of benzene rings is 1. The van der Waals surface area contributed by atoms with Crippen LogP contribution in [0.3, 0.4) is 0 Å². The summed E-state index contributed by atoms with van der Waals surface area (Å²) in [5, 5.41) is 3.65. The van der Waals surface area contributed by atoms with Gasteiger partial charge in [-0.3, -0.25) is 0 Å². The van der Waals surface area contributed by atoms with E-state index >= 15 is 0 Å². The van der Waals surface area contributed by atoms with Gasteiger partial charge in [0.05, 0.1) is 0 Å². The van der Waals surface area contributed by atoms with Crippen molar-refractivity contribution in [3.05, 3.63) is 23.8 Å². The summed E-state index contributed by atoms with van der Waals surface area (Å²) in [6.45, 7) is 8.05. The van der Waals surface area contributed by atoms with Crippen LogP contribution in [-0.4, -0.2) is 30.6 Å². The van der Waals surface area contributed by atoms with E-state index in [0.717, 1.165) is 5.69 Å². The van der Waals surface area contributed by atoms with Gasteiger partial charge in [-0.1, -0.05) is 13.0 Å². The van der Waals surface area contributed by atoms with Crippen LogP contribution >= 0.6 is 0 Å². The highest BCUT2D eigenvalue weighted by Gasteiger charge is 2.18. The molecule has 2 rings (SSSR count). The average Bonchev–Trinajstić information content (AvgIpc) is 2.37. The molecule has 18 heavy (non-hydrogen) atoms. The highest BCUT2D eigenvalue weighted by Crippen LogP contribution is 2.22. The first-order chi connectivity index (χ1) is 8.69. The SMILES string of the molecule is CCCN1CCC(Nc2cc(N)ccc2C)CC1. The third kappa shape index (κ3) is 3.39. The summed E-state index contributed by atoms with van der Waals surface area (Å²) in [5.74, 6) is 0. The second kappa shape index (κ2) is 6.10. The van der Waals surface area contributed by atoms with Crippen molar-refractivity contribution in [3.63, 3.8) is 0 Å². The van der Waals surface area contributed by atoms with E-state index in [2.05, 4.69) is 30.1 Å². The number of rotatable bonds is 4. The van der Waals surface area contributed by atoms with E-state index in [9.17, 15) is 0 Å². The number of nitrogens with zero attached hydrogens (tertiary/aromatic N) is 1. The molecule has 3 heteroatoms. The van der Waals surface area contributed by atoms with Crippen molar-refractivity contribution in [2.75, 3.05) is 30.7 Å². The molecule has 0 radical (unpaired) electrons. The van der Waals surface area contributed by atoms with Crippen LogP contribution in [0.15, 0.2) is 18.2 Å². The third-order valence-electron chi connectivity index (χ3n) is 3.75. The number of aryl methyl sites for hydroxylation is 1. The smallest absolute Gasteiger partial charge is 0.0392 e. The monoisotopic (exact) mass is 247 g/mol. The zero-order valence-corrected chi connectivity index (χ0v) is 11.6. The van der Waals surface area contributed by atoms with E-state index in [-0.39, 0.29) is 0 Å². The molecule has 0 aromatic heterocycles. The van der Waals surface area contributed by atoms with Gasteiger partial charge in [-0.25, -0.2) is 0 Å². The van der Waals surface area contributed by atoms with E-state index in [0.29, 0.717) is 6.04 Å². The van der Waals surface area contributed by atoms with Crippen molar-refractivity contribution in [1.29, 1.82) is 0 Å². The molecule has 3 N–H and O–H groups in total. The Balaban J connectivity index is 1.89. The van der Waals surface area contributed by atoms with Gasteiger partial charge < -0.3 is 16.0 Å².